The van der Waals surface area contributed by atoms with Gasteiger partial charge in [0.05, 0.1) is 12.2 Å². The lowest BCUT2D eigenvalue weighted by atomic mass is 10.1. The molecule has 1 saturated heterocycles. The van der Waals surface area contributed by atoms with Gasteiger partial charge in [-0.05, 0) is 50.8 Å². The van der Waals surface area contributed by atoms with Crippen molar-refractivity contribution in [2.45, 2.75) is 39.7 Å². The van der Waals surface area contributed by atoms with Crippen molar-refractivity contribution in [1.29, 1.82) is 0 Å². The maximum atomic E-state index is 12.5. The number of ether oxygens (including phenoxy) is 1. The molecule has 8 heteroatoms. The summed E-state index contributed by atoms with van der Waals surface area (Å²) in [4.78, 5) is 34.5. The standard InChI is InChI=1S/C21H27N5O3/c1-4-29-21(28)26-9-7-17(8-10-26)24-20-22-12-16(13-23-20)19(27)25-18-11-14(2)5-6-15(18)3/h5-6,11-13,17H,4,7-10H2,1-3H3,(H,25,27)(H,22,23,24). The minimum Gasteiger partial charge on any atom is -0.450 e. The Morgan fingerprint density at radius 1 is 1.17 bits per heavy atom. The van der Waals surface area contributed by atoms with Crippen molar-refractivity contribution in [2.75, 3.05) is 30.3 Å². The highest BCUT2D eigenvalue weighted by Gasteiger charge is 2.24. The molecule has 29 heavy (non-hydrogen) atoms. The Kier molecular flexibility index (Phi) is 6.64. The smallest absolute Gasteiger partial charge is 0.409 e. The lowest BCUT2D eigenvalue weighted by Gasteiger charge is -2.31. The number of rotatable bonds is 5. The Balaban J connectivity index is 1.53. The highest BCUT2D eigenvalue weighted by molar-refractivity contribution is 6.04. The number of aryl methyl sites for hydroxylation is 2. The molecular formula is C21H27N5O3. The lowest BCUT2D eigenvalue weighted by Crippen LogP contribution is -2.42. The number of likely N-dealkylation sites (tertiary alicyclic amines) is 1. The number of hydrogen-bond donors (Lipinski definition) is 2. The molecule has 1 aliphatic heterocycles. The van der Waals surface area contributed by atoms with E-state index in [0.29, 0.717) is 31.2 Å². The van der Waals surface area contributed by atoms with E-state index in [-0.39, 0.29) is 18.0 Å². The van der Waals surface area contributed by atoms with Crippen LogP contribution in [0.2, 0.25) is 0 Å². The van der Waals surface area contributed by atoms with Gasteiger partial charge in [0.1, 0.15) is 0 Å². The topological polar surface area (TPSA) is 96.5 Å². The molecule has 0 bridgehead atoms. The van der Waals surface area contributed by atoms with Crippen molar-refractivity contribution in [3.8, 4) is 0 Å². The monoisotopic (exact) mass is 397 g/mol. The average molecular weight is 397 g/mol. The summed E-state index contributed by atoms with van der Waals surface area (Å²) in [5.74, 6) is 0.232. The molecule has 1 aromatic carbocycles. The summed E-state index contributed by atoms with van der Waals surface area (Å²) in [6, 6.07) is 6.09. The first-order valence-corrected chi connectivity index (χ1v) is 9.85. The fourth-order valence-corrected chi connectivity index (χ4v) is 3.19. The van der Waals surface area contributed by atoms with Crippen LogP contribution < -0.4 is 10.6 Å². The van der Waals surface area contributed by atoms with Gasteiger partial charge in [-0.1, -0.05) is 12.1 Å². The number of piperidine rings is 1. The molecule has 0 spiro atoms. The Labute approximate surface area is 170 Å². The van der Waals surface area contributed by atoms with E-state index >= 15 is 0 Å². The van der Waals surface area contributed by atoms with Gasteiger partial charge in [0.15, 0.2) is 0 Å². The first kappa shape index (κ1) is 20.6. The molecule has 0 aliphatic carbocycles. The Bertz CT molecular complexity index is 861. The van der Waals surface area contributed by atoms with Crippen molar-refractivity contribution in [3.63, 3.8) is 0 Å². The van der Waals surface area contributed by atoms with Gasteiger partial charge in [-0.3, -0.25) is 4.79 Å². The average Bonchev–Trinajstić information content (AvgIpc) is 2.72. The molecule has 0 unspecified atom stereocenters. The first-order valence-electron chi connectivity index (χ1n) is 9.85. The summed E-state index contributed by atoms with van der Waals surface area (Å²) in [7, 11) is 0. The first-order chi connectivity index (χ1) is 14.0. The fourth-order valence-electron chi connectivity index (χ4n) is 3.19. The van der Waals surface area contributed by atoms with Gasteiger partial charge in [0.25, 0.3) is 5.91 Å². The maximum Gasteiger partial charge on any atom is 0.409 e. The van der Waals surface area contributed by atoms with E-state index in [2.05, 4.69) is 20.6 Å². The predicted molar refractivity (Wildman–Crippen MR) is 111 cm³/mol. The van der Waals surface area contributed by atoms with Gasteiger partial charge in [0, 0.05) is 37.2 Å². The molecule has 1 aliphatic rings. The highest BCUT2D eigenvalue weighted by atomic mass is 16.6. The zero-order valence-corrected chi connectivity index (χ0v) is 17.1. The van der Waals surface area contributed by atoms with Gasteiger partial charge in [-0.25, -0.2) is 14.8 Å². The number of amides is 2. The van der Waals surface area contributed by atoms with E-state index in [9.17, 15) is 9.59 Å². The number of anilines is 2. The normalized spacial score (nSPS) is 14.4. The number of carbonyl (C=O) groups is 2. The quantitative estimate of drug-likeness (QED) is 0.803. The van der Waals surface area contributed by atoms with Crippen molar-refractivity contribution in [1.82, 2.24) is 14.9 Å². The van der Waals surface area contributed by atoms with Gasteiger partial charge >= 0.3 is 6.09 Å². The lowest BCUT2D eigenvalue weighted by molar-refractivity contribution is 0.0982. The van der Waals surface area contributed by atoms with E-state index in [0.717, 1.165) is 29.7 Å². The van der Waals surface area contributed by atoms with Gasteiger partial charge in [-0.2, -0.15) is 0 Å². The zero-order chi connectivity index (χ0) is 20.8. The molecule has 0 saturated carbocycles. The molecule has 0 radical (unpaired) electrons. The number of carbonyl (C=O) groups excluding carboxylic acids is 2. The summed E-state index contributed by atoms with van der Waals surface area (Å²) in [5.41, 5.74) is 3.26. The van der Waals surface area contributed by atoms with Crippen LogP contribution >= 0.6 is 0 Å². The summed E-state index contributed by atoms with van der Waals surface area (Å²) >= 11 is 0. The van der Waals surface area contributed by atoms with Crippen LogP contribution in [0.1, 0.15) is 41.3 Å². The largest absolute Gasteiger partial charge is 0.450 e. The van der Waals surface area contributed by atoms with E-state index < -0.39 is 0 Å². The van der Waals surface area contributed by atoms with Gasteiger partial charge < -0.3 is 20.3 Å². The van der Waals surface area contributed by atoms with Crippen molar-refractivity contribution >= 4 is 23.6 Å². The van der Waals surface area contributed by atoms with Crippen molar-refractivity contribution < 1.29 is 14.3 Å². The summed E-state index contributed by atoms with van der Waals surface area (Å²) in [5, 5.41) is 6.18. The minimum absolute atomic E-state index is 0.176. The zero-order valence-electron chi connectivity index (χ0n) is 17.1. The van der Waals surface area contributed by atoms with Crippen LogP contribution in [-0.2, 0) is 4.74 Å². The molecule has 2 amide bonds. The molecule has 2 N–H and O–H groups in total. The Morgan fingerprint density at radius 3 is 2.52 bits per heavy atom. The van der Waals surface area contributed by atoms with Crippen LogP contribution in [0.5, 0.6) is 0 Å². The van der Waals surface area contributed by atoms with E-state index in [4.69, 9.17) is 4.74 Å². The SMILES string of the molecule is CCOC(=O)N1CCC(Nc2ncc(C(=O)Nc3cc(C)ccc3C)cn2)CC1. The molecule has 8 nitrogen and oxygen atoms in total. The summed E-state index contributed by atoms with van der Waals surface area (Å²) in [6.07, 6.45) is 4.35. The Morgan fingerprint density at radius 2 is 1.86 bits per heavy atom. The second-order valence-corrected chi connectivity index (χ2v) is 7.17. The van der Waals surface area contributed by atoms with Crippen molar-refractivity contribution in [2.24, 2.45) is 0 Å². The number of benzene rings is 1. The number of nitrogens with one attached hydrogen (secondary N) is 2. The van der Waals surface area contributed by atoms with Crippen LogP contribution in [0.15, 0.2) is 30.6 Å². The van der Waals surface area contributed by atoms with Crippen LogP contribution in [-0.4, -0.2) is 52.6 Å². The molecule has 154 valence electrons. The van der Waals surface area contributed by atoms with Crippen LogP contribution in [0.3, 0.4) is 0 Å². The summed E-state index contributed by atoms with van der Waals surface area (Å²) in [6.45, 7) is 7.38. The third-order valence-electron chi connectivity index (χ3n) is 4.91. The minimum atomic E-state index is -0.263. The molecular weight excluding hydrogens is 370 g/mol. The molecule has 1 aromatic heterocycles. The van der Waals surface area contributed by atoms with E-state index in [1.54, 1.807) is 11.8 Å². The summed E-state index contributed by atoms with van der Waals surface area (Å²) < 4.78 is 5.03. The van der Waals surface area contributed by atoms with Crippen LogP contribution in [0, 0.1) is 13.8 Å². The molecule has 0 atom stereocenters. The second-order valence-electron chi connectivity index (χ2n) is 7.17. The molecule has 1 fully saturated rings. The molecule has 2 heterocycles. The second kappa shape index (κ2) is 9.36. The van der Waals surface area contributed by atoms with E-state index in [1.165, 1.54) is 12.4 Å². The fraction of sp³-hybridized carbons (Fsp3) is 0.429. The third kappa shape index (κ3) is 5.43. The number of aromatic nitrogens is 2. The molecule has 3 rings (SSSR count). The van der Waals surface area contributed by atoms with Crippen LogP contribution in [0.25, 0.3) is 0 Å². The molecule has 2 aromatic rings. The van der Waals surface area contributed by atoms with Gasteiger partial charge in [0.2, 0.25) is 5.95 Å². The van der Waals surface area contributed by atoms with E-state index in [1.807, 2.05) is 32.0 Å². The van der Waals surface area contributed by atoms with Crippen LogP contribution in [0.4, 0.5) is 16.4 Å². The number of nitrogens with zero attached hydrogens (tertiary/aromatic N) is 3. The number of hydrogen-bond acceptors (Lipinski definition) is 6. The van der Waals surface area contributed by atoms with Crippen molar-refractivity contribution in [3.05, 3.63) is 47.3 Å². The third-order valence-corrected chi connectivity index (χ3v) is 4.91. The highest BCUT2D eigenvalue weighted by Crippen LogP contribution is 2.18. The Hall–Kier alpha value is -3.16. The predicted octanol–water partition coefficient (Wildman–Crippen LogP) is 3.38. The van der Waals surface area contributed by atoms with Gasteiger partial charge in [-0.15, -0.1) is 0 Å². The maximum absolute atomic E-state index is 12.5.